The first-order valence-electron chi connectivity index (χ1n) is 8.83. The highest BCUT2D eigenvalue weighted by Gasteiger charge is 2.11. The molecule has 0 aliphatic carbocycles. The lowest BCUT2D eigenvalue weighted by atomic mass is 10.0. The monoisotopic (exact) mass is 325 g/mol. The largest absolute Gasteiger partial charge is 0.593 e. The summed E-state index contributed by atoms with van der Waals surface area (Å²) in [5.41, 5.74) is 3.36. The Morgan fingerprint density at radius 3 is 2.46 bits per heavy atom. The molecule has 2 aromatic carbocycles. The molecule has 0 aliphatic heterocycles. The Balaban J connectivity index is 2.09. The second-order valence-electron chi connectivity index (χ2n) is 6.28. The summed E-state index contributed by atoms with van der Waals surface area (Å²) in [6.07, 6.45) is 5.34. The molecule has 0 heterocycles. The van der Waals surface area contributed by atoms with Crippen LogP contribution in [-0.4, -0.2) is 11.7 Å². The van der Waals surface area contributed by atoms with Gasteiger partial charge in [0.2, 0.25) is 0 Å². The van der Waals surface area contributed by atoms with E-state index < -0.39 is 0 Å². The van der Waals surface area contributed by atoms with E-state index in [1.165, 1.54) is 5.56 Å². The summed E-state index contributed by atoms with van der Waals surface area (Å²) in [7, 11) is 0. The first kappa shape index (κ1) is 18.1. The van der Waals surface area contributed by atoms with E-state index in [0.717, 1.165) is 42.8 Å². The molecule has 2 rings (SSSR count). The third kappa shape index (κ3) is 5.16. The minimum Gasteiger partial charge on any atom is -0.593 e. The van der Waals surface area contributed by atoms with E-state index in [-0.39, 0.29) is 0 Å². The van der Waals surface area contributed by atoms with Crippen molar-refractivity contribution in [1.82, 2.24) is 0 Å². The zero-order chi connectivity index (χ0) is 17.4. The summed E-state index contributed by atoms with van der Waals surface area (Å²) in [5, 5.41) is 8.17. The lowest BCUT2D eigenvalue weighted by molar-refractivity contribution is 0.240. The Labute approximate surface area is 145 Å². The molecule has 128 valence electrons. The van der Waals surface area contributed by atoms with E-state index in [1.54, 1.807) is 0 Å². The van der Waals surface area contributed by atoms with Gasteiger partial charge in [0, 0.05) is 6.07 Å². The van der Waals surface area contributed by atoms with Gasteiger partial charge in [0.15, 0.2) is 0 Å². The SMILES string of the molecule is CCC(CC)COc1ccc([OH2+])c(/C(C)=C\Cc2ccccc2)c1. The number of hydrogen-bond donors (Lipinski definition) is 0. The molecule has 0 aliphatic rings. The molecule has 0 amide bonds. The minimum absolute atomic E-state index is 0.548. The highest BCUT2D eigenvalue weighted by Crippen LogP contribution is 2.29. The van der Waals surface area contributed by atoms with Crippen LogP contribution in [0, 0.1) is 5.92 Å². The van der Waals surface area contributed by atoms with E-state index in [4.69, 9.17) is 9.84 Å². The van der Waals surface area contributed by atoms with Gasteiger partial charge in [0.05, 0.1) is 12.2 Å². The molecular formula is C22H29O2+. The van der Waals surface area contributed by atoms with Gasteiger partial charge in [-0.1, -0.05) is 63.1 Å². The third-order valence-electron chi connectivity index (χ3n) is 4.54. The van der Waals surface area contributed by atoms with Gasteiger partial charge in [-0.15, -0.1) is 0 Å². The molecule has 0 spiro atoms. The zero-order valence-corrected chi connectivity index (χ0v) is 15.0. The van der Waals surface area contributed by atoms with Crippen LogP contribution in [0.2, 0.25) is 0 Å². The van der Waals surface area contributed by atoms with Crippen molar-refractivity contribution in [3.8, 4) is 11.5 Å². The summed E-state index contributed by atoms with van der Waals surface area (Å²) in [6, 6.07) is 16.1. The molecule has 2 heteroatoms. The number of hydrogen-bond acceptors (Lipinski definition) is 1. The maximum absolute atomic E-state index is 8.17. The molecule has 2 nitrogen and oxygen atoms in total. The molecule has 2 aromatic rings. The molecular weight excluding hydrogens is 296 g/mol. The fourth-order valence-electron chi connectivity index (χ4n) is 2.67. The number of rotatable bonds is 8. The summed E-state index contributed by atoms with van der Waals surface area (Å²) in [5.74, 6) is 2.01. The average Bonchev–Trinajstić information content (AvgIpc) is 2.62. The van der Waals surface area contributed by atoms with Crippen LogP contribution in [0.4, 0.5) is 0 Å². The van der Waals surface area contributed by atoms with Crippen LogP contribution in [0.1, 0.15) is 44.7 Å². The smallest absolute Gasteiger partial charge is 0.261 e. The van der Waals surface area contributed by atoms with Gasteiger partial charge < -0.3 is 9.84 Å². The second kappa shape index (κ2) is 9.17. The number of ether oxygens (including phenoxy) is 1. The summed E-state index contributed by atoms with van der Waals surface area (Å²) < 4.78 is 5.95. The Hall–Kier alpha value is -2.22. The lowest BCUT2D eigenvalue weighted by Gasteiger charge is -2.14. The minimum atomic E-state index is 0.548. The lowest BCUT2D eigenvalue weighted by Crippen LogP contribution is -2.10. The molecule has 0 atom stereocenters. The Morgan fingerprint density at radius 2 is 1.79 bits per heavy atom. The van der Waals surface area contributed by atoms with Crippen molar-refractivity contribution in [3.05, 3.63) is 65.7 Å². The van der Waals surface area contributed by atoms with E-state index in [0.29, 0.717) is 11.7 Å². The molecule has 24 heavy (non-hydrogen) atoms. The van der Waals surface area contributed by atoms with Crippen LogP contribution in [0.3, 0.4) is 0 Å². The van der Waals surface area contributed by atoms with Crippen molar-refractivity contribution < 1.29 is 9.84 Å². The van der Waals surface area contributed by atoms with Crippen molar-refractivity contribution in [1.29, 1.82) is 0 Å². The highest BCUT2D eigenvalue weighted by atomic mass is 16.5. The molecule has 0 fully saturated rings. The van der Waals surface area contributed by atoms with E-state index in [9.17, 15) is 0 Å². The van der Waals surface area contributed by atoms with Crippen molar-refractivity contribution in [2.24, 2.45) is 5.92 Å². The van der Waals surface area contributed by atoms with Gasteiger partial charge in [-0.05, 0) is 42.5 Å². The van der Waals surface area contributed by atoms with Crippen molar-refractivity contribution in [3.63, 3.8) is 0 Å². The van der Waals surface area contributed by atoms with Gasteiger partial charge in [-0.3, -0.25) is 0 Å². The summed E-state index contributed by atoms with van der Waals surface area (Å²) in [4.78, 5) is 0. The second-order valence-corrected chi connectivity index (χ2v) is 6.28. The predicted octanol–water partition coefficient (Wildman–Crippen LogP) is 5.59. The molecule has 2 N–H and O–H groups in total. The van der Waals surface area contributed by atoms with E-state index in [1.807, 2.05) is 24.3 Å². The van der Waals surface area contributed by atoms with Crippen molar-refractivity contribution in [2.75, 3.05) is 6.61 Å². The van der Waals surface area contributed by atoms with E-state index >= 15 is 0 Å². The Kier molecular flexibility index (Phi) is 6.92. The van der Waals surface area contributed by atoms with Gasteiger partial charge >= 0.3 is 0 Å². The first-order valence-corrected chi connectivity index (χ1v) is 8.83. The first-order chi connectivity index (χ1) is 11.6. The number of benzene rings is 2. The van der Waals surface area contributed by atoms with Crippen LogP contribution in [-0.2, 0) is 6.42 Å². The quantitative estimate of drug-likeness (QED) is 0.583. The van der Waals surface area contributed by atoms with Crippen LogP contribution in [0.5, 0.6) is 11.5 Å². The van der Waals surface area contributed by atoms with Gasteiger partial charge in [-0.25, -0.2) is 0 Å². The van der Waals surface area contributed by atoms with Crippen LogP contribution in [0.15, 0.2) is 54.6 Å². The van der Waals surface area contributed by atoms with Crippen molar-refractivity contribution in [2.45, 2.75) is 40.0 Å². The predicted molar refractivity (Wildman–Crippen MR) is 103 cm³/mol. The highest BCUT2D eigenvalue weighted by molar-refractivity contribution is 5.70. The Morgan fingerprint density at radius 1 is 1.08 bits per heavy atom. The van der Waals surface area contributed by atoms with Crippen molar-refractivity contribution >= 4 is 5.57 Å². The fraction of sp³-hybridized carbons (Fsp3) is 0.364. The van der Waals surface area contributed by atoms with Gasteiger partial charge in [-0.2, -0.15) is 0 Å². The van der Waals surface area contributed by atoms with Gasteiger partial charge in [0.25, 0.3) is 5.75 Å². The summed E-state index contributed by atoms with van der Waals surface area (Å²) in [6.45, 7) is 7.22. The maximum Gasteiger partial charge on any atom is 0.261 e. The standard InChI is InChI=1S/C22H28O2/c1-4-18(5-2)16-24-20-13-14-22(23)21(15-20)17(3)11-12-19-9-7-6-8-10-19/h6-11,13-15,18,23H,4-5,12,16H2,1-3H3/p+1/b17-11-. The zero-order valence-electron chi connectivity index (χ0n) is 15.0. The van der Waals surface area contributed by atoms with Crippen LogP contribution < -0.4 is 4.74 Å². The van der Waals surface area contributed by atoms with E-state index in [2.05, 4.69) is 51.1 Å². The number of allylic oxidation sites excluding steroid dienone is 2. The summed E-state index contributed by atoms with van der Waals surface area (Å²) >= 11 is 0. The van der Waals surface area contributed by atoms with Crippen LogP contribution >= 0.6 is 0 Å². The normalized spacial score (nSPS) is 11.8. The fourth-order valence-corrected chi connectivity index (χ4v) is 2.67. The molecule has 0 bridgehead atoms. The Bertz CT molecular complexity index is 655. The third-order valence-corrected chi connectivity index (χ3v) is 4.54. The molecule has 0 saturated heterocycles. The van der Waals surface area contributed by atoms with Crippen LogP contribution in [0.25, 0.3) is 5.57 Å². The molecule has 0 radical (unpaired) electrons. The average molecular weight is 325 g/mol. The topological polar surface area (TPSA) is 32.1 Å². The molecule has 0 aromatic heterocycles. The molecule has 0 saturated carbocycles. The maximum atomic E-state index is 8.17. The molecule has 0 unspecified atom stereocenters. The van der Waals surface area contributed by atoms with Gasteiger partial charge in [0.1, 0.15) is 5.75 Å².